The lowest BCUT2D eigenvalue weighted by Gasteiger charge is -2.32. The molecular weight excluding hydrogens is 436 g/mol. The monoisotopic (exact) mass is 468 g/mol. The van der Waals surface area contributed by atoms with E-state index < -0.39 is 0 Å². The Balaban J connectivity index is 1.31. The second-order valence-corrected chi connectivity index (χ2v) is 9.70. The molecule has 3 amide bonds. The van der Waals surface area contributed by atoms with Crippen molar-refractivity contribution in [3.8, 4) is 0 Å². The molecule has 2 aliphatic rings. The summed E-state index contributed by atoms with van der Waals surface area (Å²) in [4.78, 5) is 30.6. The molecule has 2 fully saturated rings. The molecule has 0 radical (unpaired) electrons. The van der Waals surface area contributed by atoms with E-state index in [1.165, 1.54) is 5.56 Å². The third kappa shape index (κ3) is 5.44. The van der Waals surface area contributed by atoms with Crippen LogP contribution < -0.4 is 10.2 Å². The zero-order valence-corrected chi connectivity index (χ0v) is 20.4. The maximum Gasteiger partial charge on any atom is 0.321 e. The number of hydrogen-bond acceptors (Lipinski definition) is 3. The molecule has 0 saturated carbocycles. The first-order valence-electron chi connectivity index (χ1n) is 11.7. The van der Waals surface area contributed by atoms with Crippen molar-refractivity contribution in [1.82, 2.24) is 9.80 Å². The Labute approximate surface area is 201 Å². The van der Waals surface area contributed by atoms with Crippen molar-refractivity contribution in [2.75, 3.05) is 43.4 Å². The van der Waals surface area contributed by atoms with Crippen LogP contribution in [-0.2, 0) is 4.79 Å². The molecule has 1 N–H and O–H groups in total. The molecule has 2 aliphatic heterocycles. The zero-order valence-electron chi connectivity index (χ0n) is 19.7. The van der Waals surface area contributed by atoms with Crippen LogP contribution >= 0.6 is 11.6 Å². The quantitative estimate of drug-likeness (QED) is 0.677. The summed E-state index contributed by atoms with van der Waals surface area (Å²) in [6.07, 6.45) is 2.88. The summed E-state index contributed by atoms with van der Waals surface area (Å²) in [6.45, 7) is 6.95. The fraction of sp³-hybridized carbons (Fsp3) is 0.462. The van der Waals surface area contributed by atoms with Gasteiger partial charge in [0.05, 0.1) is 6.04 Å². The highest BCUT2D eigenvalue weighted by molar-refractivity contribution is 6.30. The van der Waals surface area contributed by atoms with Gasteiger partial charge in [-0.05, 0) is 73.6 Å². The van der Waals surface area contributed by atoms with Crippen LogP contribution in [0.5, 0.6) is 0 Å². The molecule has 6 nitrogen and oxygen atoms in total. The number of likely N-dealkylation sites (tertiary alicyclic amines) is 1. The highest BCUT2D eigenvalue weighted by atomic mass is 35.5. The molecule has 2 aromatic rings. The Kier molecular flexibility index (Phi) is 7.13. The predicted octanol–water partition coefficient (Wildman–Crippen LogP) is 5.12. The second-order valence-electron chi connectivity index (χ2n) is 9.26. The number of benzene rings is 2. The molecule has 33 heavy (non-hydrogen) atoms. The van der Waals surface area contributed by atoms with E-state index in [2.05, 4.69) is 35.3 Å². The van der Waals surface area contributed by atoms with Crippen LogP contribution in [0.15, 0.2) is 42.5 Å². The molecule has 176 valence electrons. The fourth-order valence-electron chi connectivity index (χ4n) is 4.98. The molecule has 7 heteroatoms. The first-order valence-corrected chi connectivity index (χ1v) is 12.1. The second kappa shape index (κ2) is 10.0. The number of halogens is 1. The largest absolute Gasteiger partial charge is 0.369 e. The summed E-state index contributed by atoms with van der Waals surface area (Å²) in [5.74, 6) is 0.577. The molecule has 0 aromatic heterocycles. The first-order chi connectivity index (χ1) is 15.8. The van der Waals surface area contributed by atoms with E-state index in [1.807, 2.05) is 41.1 Å². The van der Waals surface area contributed by atoms with Crippen LogP contribution in [0.25, 0.3) is 0 Å². The molecule has 1 atom stereocenters. The lowest BCUT2D eigenvalue weighted by Crippen LogP contribution is -2.40. The van der Waals surface area contributed by atoms with Crippen molar-refractivity contribution < 1.29 is 9.59 Å². The third-order valence-electron chi connectivity index (χ3n) is 7.12. The van der Waals surface area contributed by atoms with E-state index in [1.54, 1.807) is 6.92 Å². The standard InChI is InChI=1S/C26H33ClN4O2/c1-18-16-23(8-9-25(18)31-15-12-24(17-31)29(3)19(2)32)28-26(33)30-13-10-21(11-14-30)20-4-6-22(27)7-5-20/h4-9,16,21,24H,10-15,17H2,1-3H3,(H,28,33). The predicted molar refractivity (Wildman–Crippen MR) is 134 cm³/mol. The van der Waals surface area contributed by atoms with Gasteiger partial charge in [0.15, 0.2) is 0 Å². The molecule has 4 rings (SSSR count). The normalized spacial score (nSPS) is 19.0. The SMILES string of the molecule is CC(=O)N(C)C1CCN(c2ccc(NC(=O)N3CCC(c4ccc(Cl)cc4)CC3)cc2C)C1. The van der Waals surface area contributed by atoms with Crippen LogP contribution in [0, 0.1) is 6.92 Å². The molecule has 1 unspecified atom stereocenters. The lowest BCUT2D eigenvalue weighted by atomic mass is 9.89. The first kappa shape index (κ1) is 23.4. The minimum atomic E-state index is -0.0407. The van der Waals surface area contributed by atoms with Crippen LogP contribution in [0.3, 0.4) is 0 Å². The van der Waals surface area contributed by atoms with Crippen molar-refractivity contribution >= 4 is 34.9 Å². The van der Waals surface area contributed by atoms with Gasteiger partial charge in [-0.1, -0.05) is 23.7 Å². The summed E-state index contributed by atoms with van der Waals surface area (Å²) in [7, 11) is 1.88. The summed E-state index contributed by atoms with van der Waals surface area (Å²) in [5, 5.41) is 3.83. The topological polar surface area (TPSA) is 55.9 Å². The van der Waals surface area contributed by atoms with Gasteiger partial charge in [-0.15, -0.1) is 0 Å². The van der Waals surface area contributed by atoms with Crippen molar-refractivity contribution in [3.05, 3.63) is 58.6 Å². The van der Waals surface area contributed by atoms with E-state index in [9.17, 15) is 9.59 Å². The van der Waals surface area contributed by atoms with Gasteiger partial charge in [-0.2, -0.15) is 0 Å². The highest BCUT2D eigenvalue weighted by Crippen LogP contribution is 2.30. The van der Waals surface area contributed by atoms with Crippen LogP contribution in [-0.4, -0.2) is 61.0 Å². The number of nitrogens with one attached hydrogen (secondary N) is 1. The number of carbonyl (C=O) groups excluding carboxylic acids is 2. The van der Waals surface area contributed by atoms with Crippen molar-refractivity contribution in [2.24, 2.45) is 0 Å². The minimum Gasteiger partial charge on any atom is -0.369 e. The Hall–Kier alpha value is -2.73. The summed E-state index contributed by atoms with van der Waals surface area (Å²) in [6, 6.07) is 14.4. The number of nitrogens with zero attached hydrogens (tertiary/aromatic N) is 3. The molecule has 2 aromatic carbocycles. The van der Waals surface area contributed by atoms with Gasteiger partial charge in [-0.25, -0.2) is 4.79 Å². The Morgan fingerprint density at radius 2 is 1.73 bits per heavy atom. The highest BCUT2D eigenvalue weighted by Gasteiger charge is 2.28. The van der Waals surface area contributed by atoms with Crippen molar-refractivity contribution in [1.29, 1.82) is 0 Å². The zero-order chi connectivity index (χ0) is 23.5. The maximum absolute atomic E-state index is 12.8. The smallest absolute Gasteiger partial charge is 0.321 e. The molecule has 0 aliphatic carbocycles. The van der Waals surface area contributed by atoms with Gasteiger partial charge in [0, 0.05) is 56.5 Å². The average Bonchev–Trinajstić information content (AvgIpc) is 3.29. The maximum atomic E-state index is 12.8. The molecule has 0 spiro atoms. The molecule has 2 heterocycles. The lowest BCUT2D eigenvalue weighted by molar-refractivity contribution is -0.129. The number of piperidine rings is 1. The fourth-order valence-corrected chi connectivity index (χ4v) is 5.10. The molecular formula is C26H33ClN4O2. The molecule has 0 bridgehead atoms. The number of urea groups is 1. The van der Waals surface area contributed by atoms with E-state index in [0.717, 1.165) is 67.4 Å². The number of rotatable bonds is 4. The summed E-state index contributed by atoms with van der Waals surface area (Å²) in [5.41, 5.74) is 4.40. The van der Waals surface area contributed by atoms with E-state index in [4.69, 9.17) is 11.6 Å². The van der Waals surface area contributed by atoms with Gasteiger partial charge in [0.2, 0.25) is 5.91 Å². The van der Waals surface area contributed by atoms with Crippen molar-refractivity contribution in [2.45, 2.75) is 45.1 Å². The number of aryl methyl sites for hydroxylation is 1. The van der Waals surface area contributed by atoms with Crippen LogP contribution in [0.1, 0.15) is 43.2 Å². The summed E-state index contributed by atoms with van der Waals surface area (Å²) < 4.78 is 0. The number of likely N-dealkylation sites (N-methyl/N-ethyl adjacent to an activating group) is 1. The Morgan fingerprint density at radius 1 is 1.03 bits per heavy atom. The van der Waals surface area contributed by atoms with Gasteiger partial charge in [0.25, 0.3) is 0 Å². The van der Waals surface area contributed by atoms with Crippen molar-refractivity contribution in [3.63, 3.8) is 0 Å². The van der Waals surface area contributed by atoms with Gasteiger partial charge < -0.3 is 20.0 Å². The van der Waals surface area contributed by atoms with Crippen LogP contribution in [0.4, 0.5) is 16.2 Å². The van der Waals surface area contributed by atoms with Gasteiger partial charge in [0.1, 0.15) is 0 Å². The minimum absolute atomic E-state index is 0.0407. The number of hydrogen-bond donors (Lipinski definition) is 1. The Bertz CT molecular complexity index is 1000. The van der Waals surface area contributed by atoms with E-state index in [-0.39, 0.29) is 18.0 Å². The average molecular weight is 469 g/mol. The number of amides is 3. The van der Waals surface area contributed by atoms with Crippen LogP contribution in [0.2, 0.25) is 5.02 Å². The van der Waals surface area contributed by atoms with Gasteiger partial charge >= 0.3 is 6.03 Å². The third-order valence-corrected chi connectivity index (χ3v) is 7.37. The van der Waals surface area contributed by atoms with Gasteiger partial charge in [-0.3, -0.25) is 4.79 Å². The molecule has 2 saturated heterocycles. The van der Waals surface area contributed by atoms with E-state index in [0.29, 0.717) is 5.92 Å². The summed E-state index contributed by atoms with van der Waals surface area (Å²) >= 11 is 6.00. The van der Waals surface area contributed by atoms with E-state index >= 15 is 0 Å². The number of anilines is 2. The number of carbonyl (C=O) groups is 2. The Morgan fingerprint density at radius 3 is 2.36 bits per heavy atom.